The first-order valence-corrected chi connectivity index (χ1v) is 14.4. The lowest BCUT2D eigenvalue weighted by Gasteiger charge is -2.28. The second kappa shape index (κ2) is 14.6. The number of carbonyl (C=O) groups is 1. The van der Waals surface area contributed by atoms with Crippen LogP contribution in [0.2, 0.25) is 0 Å². The summed E-state index contributed by atoms with van der Waals surface area (Å²) in [5.74, 6) is -2.18. The summed E-state index contributed by atoms with van der Waals surface area (Å²) in [5.41, 5.74) is 2.07. The largest absolute Gasteiger partial charge is 0.387 e. The summed E-state index contributed by atoms with van der Waals surface area (Å²) in [7, 11) is 0. The Morgan fingerprint density at radius 2 is 1.70 bits per heavy atom. The number of benzene rings is 1. The van der Waals surface area contributed by atoms with E-state index in [1.807, 2.05) is 45.0 Å². The highest BCUT2D eigenvalue weighted by Crippen LogP contribution is 2.45. The van der Waals surface area contributed by atoms with Crippen LogP contribution in [0.15, 0.2) is 24.3 Å². The predicted molar refractivity (Wildman–Crippen MR) is 144 cm³/mol. The lowest BCUT2D eigenvalue weighted by Crippen LogP contribution is -2.45. The average molecular weight is 520 g/mol. The SMILES string of the molecule is CCCCCCCCCCCCOC[C@@]12O[C@@H](CNC(=O)Cc3cccc(C)c3)[C@@H](O)[C@@H]1OC(C)(C)O2. The van der Waals surface area contributed by atoms with Crippen molar-refractivity contribution in [1.29, 1.82) is 0 Å². The van der Waals surface area contributed by atoms with Crippen molar-refractivity contribution < 1.29 is 28.8 Å². The Labute approximate surface area is 223 Å². The number of aryl methyl sites for hydroxylation is 1. The Morgan fingerprint density at radius 1 is 1.03 bits per heavy atom. The maximum absolute atomic E-state index is 12.5. The topological polar surface area (TPSA) is 86.3 Å². The molecule has 7 heteroatoms. The molecule has 1 amide bonds. The molecule has 0 saturated carbocycles. The Bertz CT molecular complexity index is 830. The fraction of sp³-hybridized carbons (Fsp3) is 0.767. The molecule has 37 heavy (non-hydrogen) atoms. The van der Waals surface area contributed by atoms with Gasteiger partial charge in [0.15, 0.2) is 5.79 Å². The summed E-state index contributed by atoms with van der Waals surface area (Å²) in [6.45, 7) is 8.85. The van der Waals surface area contributed by atoms with Crippen molar-refractivity contribution in [3.63, 3.8) is 0 Å². The normalized spacial score (nSPS) is 26.4. The number of carbonyl (C=O) groups excluding carboxylic acids is 1. The van der Waals surface area contributed by atoms with Gasteiger partial charge in [-0.25, -0.2) is 0 Å². The highest BCUT2D eigenvalue weighted by atomic mass is 16.9. The third kappa shape index (κ3) is 9.32. The van der Waals surface area contributed by atoms with Gasteiger partial charge in [-0.1, -0.05) is 94.5 Å². The van der Waals surface area contributed by atoms with Crippen LogP contribution in [-0.2, 0) is 30.2 Å². The van der Waals surface area contributed by atoms with Gasteiger partial charge in [-0.05, 0) is 32.8 Å². The van der Waals surface area contributed by atoms with Crippen LogP contribution in [0.25, 0.3) is 0 Å². The maximum Gasteiger partial charge on any atom is 0.224 e. The van der Waals surface area contributed by atoms with Gasteiger partial charge in [-0.3, -0.25) is 4.79 Å². The molecule has 2 aliphatic rings. The van der Waals surface area contributed by atoms with Crippen LogP contribution in [0, 0.1) is 6.92 Å². The van der Waals surface area contributed by atoms with Crippen LogP contribution in [0.5, 0.6) is 0 Å². The number of unbranched alkanes of at least 4 members (excludes halogenated alkanes) is 9. The molecule has 2 heterocycles. The highest BCUT2D eigenvalue weighted by Gasteiger charge is 2.64. The smallest absolute Gasteiger partial charge is 0.224 e. The summed E-state index contributed by atoms with van der Waals surface area (Å²) in [4.78, 5) is 12.5. The molecule has 1 aromatic rings. The minimum Gasteiger partial charge on any atom is -0.387 e. The van der Waals surface area contributed by atoms with Crippen LogP contribution in [0.1, 0.15) is 96.1 Å². The summed E-state index contributed by atoms with van der Waals surface area (Å²) >= 11 is 0. The van der Waals surface area contributed by atoms with Gasteiger partial charge >= 0.3 is 0 Å². The Morgan fingerprint density at radius 3 is 2.38 bits per heavy atom. The molecule has 2 N–H and O–H groups in total. The molecule has 0 aromatic heterocycles. The van der Waals surface area contributed by atoms with Crippen LogP contribution in [0.4, 0.5) is 0 Å². The Balaban J connectivity index is 1.38. The van der Waals surface area contributed by atoms with Gasteiger partial charge in [-0.15, -0.1) is 0 Å². The molecule has 2 fully saturated rings. The van der Waals surface area contributed by atoms with E-state index in [1.54, 1.807) is 0 Å². The zero-order valence-corrected chi connectivity index (χ0v) is 23.4. The maximum atomic E-state index is 12.5. The lowest BCUT2D eigenvalue weighted by molar-refractivity contribution is -0.277. The van der Waals surface area contributed by atoms with E-state index in [-0.39, 0.29) is 25.5 Å². The Kier molecular flexibility index (Phi) is 11.8. The zero-order valence-electron chi connectivity index (χ0n) is 23.4. The van der Waals surface area contributed by atoms with Crippen LogP contribution >= 0.6 is 0 Å². The van der Waals surface area contributed by atoms with Gasteiger partial charge in [0.05, 0.1) is 6.42 Å². The molecule has 0 spiro atoms. The van der Waals surface area contributed by atoms with E-state index in [4.69, 9.17) is 18.9 Å². The van der Waals surface area contributed by atoms with Gasteiger partial charge in [0.25, 0.3) is 0 Å². The number of fused-ring (bicyclic) bond motifs is 1. The first kappa shape index (κ1) is 30.0. The fourth-order valence-electron chi connectivity index (χ4n) is 5.33. The van der Waals surface area contributed by atoms with Gasteiger partial charge in [-0.2, -0.15) is 0 Å². The van der Waals surface area contributed by atoms with Crippen LogP contribution in [-0.4, -0.2) is 60.7 Å². The lowest BCUT2D eigenvalue weighted by atomic mass is 10.1. The summed E-state index contributed by atoms with van der Waals surface area (Å²) < 4.78 is 24.3. The molecule has 0 aliphatic carbocycles. The standard InChI is InChI=1S/C30H49NO6/c1-5-6-7-8-9-10-11-12-13-14-18-34-22-30-28(36-29(3,4)37-30)27(33)25(35-30)21-31-26(32)20-24-17-15-16-23(2)19-24/h15-17,19,25,27-28,33H,5-14,18,20-22H2,1-4H3,(H,31,32)/t25-,27+,28-,30-/m0/s1. The quantitative estimate of drug-likeness (QED) is 0.275. The zero-order chi connectivity index (χ0) is 26.7. The van der Waals surface area contributed by atoms with E-state index >= 15 is 0 Å². The number of rotatable bonds is 17. The van der Waals surface area contributed by atoms with E-state index in [2.05, 4.69) is 12.2 Å². The second-order valence-electron chi connectivity index (χ2n) is 11.2. The first-order valence-electron chi connectivity index (χ1n) is 14.4. The van der Waals surface area contributed by atoms with Gasteiger partial charge in [0, 0.05) is 13.2 Å². The molecule has 0 unspecified atom stereocenters. The molecule has 0 bridgehead atoms. The minimum atomic E-state index is -1.17. The summed E-state index contributed by atoms with van der Waals surface area (Å²) in [5, 5.41) is 13.8. The number of aliphatic hydroxyl groups excluding tert-OH is 1. The van der Waals surface area contributed by atoms with Crippen molar-refractivity contribution in [3.05, 3.63) is 35.4 Å². The number of nitrogens with one attached hydrogen (secondary N) is 1. The third-order valence-electron chi connectivity index (χ3n) is 7.20. The first-order chi connectivity index (χ1) is 17.7. The second-order valence-corrected chi connectivity index (χ2v) is 11.2. The van der Waals surface area contributed by atoms with Crippen molar-refractivity contribution in [1.82, 2.24) is 5.32 Å². The van der Waals surface area contributed by atoms with E-state index in [9.17, 15) is 9.90 Å². The van der Waals surface area contributed by atoms with Crippen molar-refractivity contribution in [2.45, 2.75) is 128 Å². The van der Waals surface area contributed by atoms with Crippen molar-refractivity contribution in [2.75, 3.05) is 19.8 Å². The third-order valence-corrected chi connectivity index (χ3v) is 7.20. The Hall–Kier alpha value is -1.51. The number of ether oxygens (including phenoxy) is 4. The molecular weight excluding hydrogens is 470 g/mol. The van der Waals surface area contributed by atoms with Gasteiger partial charge in [0.2, 0.25) is 11.7 Å². The van der Waals surface area contributed by atoms with E-state index < -0.39 is 29.9 Å². The molecule has 7 nitrogen and oxygen atoms in total. The fourth-order valence-corrected chi connectivity index (χ4v) is 5.33. The number of amides is 1. The molecule has 4 atom stereocenters. The van der Waals surface area contributed by atoms with Gasteiger partial charge < -0.3 is 29.4 Å². The number of aliphatic hydroxyl groups is 1. The van der Waals surface area contributed by atoms with E-state index in [0.29, 0.717) is 6.61 Å². The van der Waals surface area contributed by atoms with E-state index in [0.717, 1.165) is 24.0 Å². The number of hydrogen-bond donors (Lipinski definition) is 2. The van der Waals surface area contributed by atoms with Crippen LogP contribution < -0.4 is 5.32 Å². The molecule has 2 saturated heterocycles. The molecule has 210 valence electrons. The number of hydrogen-bond acceptors (Lipinski definition) is 6. The predicted octanol–water partition coefficient (Wildman–Crippen LogP) is 5.20. The van der Waals surface area contributed by atoms with Crippen molar-refractivity contribution in [2.24, 2.45) is 0 Å². The highest BCUT2D eigenvalue weighted by molar-refractivity contribution is 5.78. The van der Waals surface area contributed by atoms with Gasteiger partial charge in [0.1, 0.15) is 24.9 Å². The van der Waals surface area contributed by atoms with Crippen LogP contribution in [0.3, 0.4) is 0 Å². The molecule has 2 aliphatic heterocycles. The molecule has 0 radical (unpaired) electrons. The van der Waals surface area contributed by atoms with Crippen molar-refractivity contribution in [3.8, 4) is 0 Å². The molecule has 3 rings (SSSR count). The summed E-state index contributed by atoms with van der Waals surface area (Å²) in [6, 6.07) is 7.87. The summed E-state index contributed by atoms with van der Waals surface area (Å²) in [6.07, 6.45) is 10.8. The van der Waals surface area contributed by atoms with Crippen molar-refractivity contribution >= 4 is 5.91 Å². The molecular formula is C30H49NO6. The molecule has 1 aromatic carbocycles. The minimum absolute atomic E-state index is 0.119. The average Bonchev–Trinajstić information content (AvgIpc) is 3.25. The monoisotopic (exact) mass is 519 g/mol. The van der Waals surface area contributed by atoms with E-state index in [1.165, 1.54) is 51.4 Å².